The molecule has 0 aliphatic rings. The van der Waals surface area contributed by atoms with E-state index in [-0.39, 0.29) is 5.75 Å². The molecular weight excluding hydrogens is 320 g/mol. The van der Waals surface area contributed by atoms with Gasteiger partial charge in [-0.2, -0.15) is 0 Å². The molecule has 0 unspecified atom stereocenters. The van der Waals surface area contributed by atoms with Gasteiger partial charge < -0.3 is 9.64 Å². The SMILES string of the molecule is COc1cccc(S(=O)(=O)CCN(C)Cc2cnc(C)s2)c1. The summed E-state index contributed by atoms with van der Waals surface area (Å²) < 4.78 is 29.8. The molecule has 2 rings (SSSR count). The van der Waals surface area contributed by atoms with E-state index in [0.29, 0.717) is 23.7 Å². The third kappa shape index (κ3) is 4.53. The van der Waals surface area contributed by atoms with Crippen LogP contribution in [0, 0.1) is 6.92 Å². The molecule has 1 aromatic carbocycles. The lowest BCUT2D eigenvalue weighted by atomic mass is 10.3. The smallest absolute Gasteiger partial charge is 0.179 e. The summed E-state index contributed by atoms with van der Waals surface area (Å²) in [6.07, 6.45) is 1.84. The van der Waals surface area contributed by atoms with Gasteiger partial charge in [0.15, 0.2) is 9.84 Å². The van der Waals surface area contributed by atoms with Crippen molar-refractivity contribution >= 4 is 21.2 Å². The molecule has 120 valence electrons. The Morgan fingerprint density at radius 1 is 1.36 bits per heavy atom. The van der Waals surface area contributed by atoms with Crippen LogP contribution >= 0.6 is 11.3 Å². The molecule has 2 aromatic rings. The summed E-state index contributed by atoms with van der Waals surface area (Å²) in [6, 6.07) is 6.58. The van der Waals surface area contributed by atoms with Crippen LogP contribution in [0.5, 0.6) is 5.75 Å². The van der Waals surface area contributed by atoms with Crippen LogP contribution in [0.1, 0.15) is 9.88 Å². The van der Waals surface area contributed by atoms with E-state index in [4.69, 9.17) is 4.74 Å². The number of thiazole rings is 1. The fourth-order valence-corrected chi connectivity index (χ4v) is 4.26. The maximum absolute atomic E-state index is 12.4. The molecule has 0 aliphatic carbocycles. The number of aryl methyl sites for hydroxylation is 1. The minimum atomic E-state index is -3.31. The number of ether oxygens (including phenoxy) is 1. The van der Waals surface area contributed by atoms with Gasteiger partial charge in [-0.25, -0.2) is 13.4 Å². The largest absolute Gasteiger partial charge is 0.497 e. The van der Waals surface area contributed by atoms with Crippen molar-refractivity contribution in [2.24, 2.45) is 0 Å². The summed E-state index contributed by atoms with van der Waals surface area (Å²) in [5, 5.41) is 1.02. The van der Waals surface area contributed by atoms with Gasteiger partial charge in [0.2, 0.25) is 0 Å². The zero-order valence-corrected chi connectivity index (χ0v) is 14.6. The monoisotopic (exact) mass is 340 g/mol. The van der Waals surface area contributed by atoms with Gasteiger partial charge in [0, 0.05) is 24.2 Å². The molecule has 0 radical (unpaired) electrons. The number of sulfone groups is 1. The molecule has 0 saturated heterocycles. The van der Waals surface area contributed by atoms with E-state index in [1.54, 1.807) is 35.6 Å². The number of rotatable bonds is 7. The Labute approximate surface area is 135 Å². The Hall–Kier alpha value is -1.44. The second-order valence-electron chi connectivity index (χ2n) is 5.08. The first-order valence-electron chi connectivity index (χ1n) is 6.87. The van der Waals surface area contributed by atoms with Gasteiger partial charge in [-0.3, -0.25) is 0 Å². The number of methoxy groups -OCH3 is 1. The van der Waals surface area contributed by atoms with Gasteiger partial charge >= 0.3 is 0 Å². The van der Waals surface area contributed by atoms with E-state index in [1.807, 2.05) is 25.1 Å². The average Bonchev–Trinajstić information content (AvgIpc) is 2.90. The molecule has 0 atom stereocenters. The highest BCUT2D eigenvalue weighted by molar-refractivity contribution is 7.91. The summed E-state index contributed by atoms with van der Waals surface area (Å²) in [7, 11) is 0.128. The summed E-state index contributed by atoms with van der Waals surface area (Å²) >= 11 is 1.63. The normalized spacial score (nSPS) is 11.8. The van der Waals surface area contributed by atoms with Crippen LogP contribution in [0.4, 0.5) is 0 Å². The first-order valence-corrected chi connectivity index (χ1v) is 9.34. The van der Waals surface area contributed by atoms with Crippen LogP contribution in [-0.2, 0) is 16.4 Å². The molecule has 7 heteroatoms. The molecule has 0 saturated carbocycles. The van der Waals surface area contributed by atoms with E-state index >= 15 is 0 Å². The van der Waals surface area contributed by atoms with Gasteiger partial charge in [0.25, 0.3) is 0 Å². The molecule has 0 aliphatic heterocycles. The Morgan fingerprint density at radius 3 is 2.77 bits per heavy atom. The molecule has 0 fully saturated rings. The lowest BCUT2D eigenvalue weighted by molar-refractivity contribution is 0.349. The Balaban J connectivity index is 1.96. The lowest BCUT2D eigenvalue weighted by Gasteiger charge is -2.15. The molecule has 0 spiro atoms. The predicted octanol–water partition coefficient (Wildman–Crippen LogP) is 2.37. The highest BCUT2D eigenvalue weighted by Gasteiger charge is 2.16. The van der Waals surface area contributed by atoms with E-state index in [0.717, 1.165) is 9.88 Å². The highest BCUT2D eigenvalue weighted by atomic mass is 32.2. The molecule has 1 heterocycles. The van der Waals surface area contributed by atoms with E-state index in [1.165, 1.54) is 7.11 Å². The first kappa shape index (κ1) is 16.9. The van der Waals surface area contributed by atoms with Crippen molar-refractivity contribution < 1.29 is 13.2 Å². The molecule has 0 bridgehead atoms. The van der Waals surface area contributed by atoms with Gasteiger partial charge in [-0.15, -0.1) is 11.3 Å². The molecule has 22 heavy (non-hydrogen) atoms. The van der Waals surface area contributed by atoms with Gasteiger partial charge in [-0.05, 0) is 32.2 Å². The second-order valence-corrected chi connectivity index (χ2v) is 8.51. The molecule has 0 amide bonds. The number of hydrogen-bond donors (Lipinski definition) is 0. The molecular formula is C15H20N2O3S2. The summed E-state index contributed by atoms with van der Waals surface area (Å²) in [5.41, 5.74) is 0. The molecule has 0 N–H and O–H groups in total. The first-order chi connectivity index (χ1) is 10.4. The van der Waals surface area contributed by atoms with Crippen LogP contribution in [0.2, 0.25) is 0 Å². The standard InChI is InChI=1S/C15H20N2O3S2/c1-12-16-10-14(21-12)11-17(2)7-8-22(18,19)15-6-4-5-13(9-15)20-3/h4-6,9-10H,7-8,11H2,1-3H3. The van der Waals surface area contributed by atoms with Crippen LogP contribution in [0.25, 0.3) is 0 Å². The third-order valence-corrected chi connectivity index (χ3v) is 5.83. The number of aromatic nitrogens is 1. The summed E-state index contributed by atoms with van der Waals surface area (Å²) in [5.74, 6) is 0.628. The fraction of sp³-hybridized carbons (Fsp3) is 0.400. The molecule has 5 nitrogen and oxygen atoms in total. The van der Waals surface area contributed by atoms with Crippen molar-refractivity contribution in [1.29, 1.82) is 0 Å². The van der Waals surface area contributed by atoms with Crippen molar-refractivity contribution in [3.63, 3.8) is 0 Å². The number of hydrogen-bond acceptors (Lipinski definition) is 6. The Morgan fingerprint density at radius 2 is 2.14 bits per heavy atom. The zero-order valence-electron chi connectivity index (χ0n) is 12.9. The van der Waals surface area contributed by atoms with Crippen LogP contribution in [0.15, 0.2) is 35.4 Å². The van der Waals surface area contributed by atoms with Gasteiger partial charge in [0.05, 0.1) is 22.8 Å². The van der Waals surface area contributed by atoms with Crippen LogP contribution in [-0.4, -0.2) is 44.8 Å². The summed E-state index contributed by atoms with van der Waals surface area (Å²) in [6.45, 7) is 3.14. The topological polar surface area (TPSA) is 59.5 Å². The minimum Gasteiger partial charge on any atom is -0.497 e. The predicted molar refractivity (Wildman–Crippen MR) is 88.2 cm³/mol. The highest BCUT2D eigenvalue weighted by Crippen LogP contribution is 2.19. The average molecular weight is 340 g/mol. The van der Waals surface area contributed by atoms with Crippen molar-refractivity contribution in [3.05, 3.63) is 40.3 Å². The Kier molecular flexibility index (Phi) is 5.55. The van der Waals surface area contributed by atoms with Crippen molar-refractivity contribution in [1.82, 2.24) is 9.88 Å². The van der Waals surface area contributed by atoms with Crippen LogP contribution in [0.3, 0.4) is 0 Å². The quantitative estimate of drug-likeness (QED) is 0.774. The second kappa shape index (κ2) is 7.21. The number of benzene rings is 1. The van der Waals surface area contributed by atoms with Gasteiger partial charge in [0.1, 0.15) is 5.75 Å². The van der Waals surface area contributed by atoms with Crippen LogP contribution < -0.4 is 4.74 Å². The van der Waals surface area contributed by atoms with E-state index in [2.05, 4.69) is 4.98 Å². The fourth-order valence-electron chi connectivity index (χ4n) is 2.01. The number of nitrogens with zero attached hydrogens (tertiary/aromatic N) is 2. The third-order valence-electron chi connectivity index (χ3n) is 3.24. The van der Waals surface area contributed by atoms with Gasteiger partial charge in [-0.1, -0.05) is 6.07 Å². The summed E-state index contributed by atoms with van der Waals surface area (Å²) in [4.78, 5) is 7.63. The van der Waals surface area contributed by atoms with Crippen molar-refractivity contribution in [2.45, 2.75) is 18.4 Å². The van der Waals surface area contributed by atoms with E-state index in [9.17, 15) is 8.42 Å². The molecule has 1 aromatic heterocycles. The Bertz CT molecular complexity index is 726. The minimum absolute atomic E-state index is 0.0778. The van der Waals surface area contributed by atoms with Crippen molar-refractivity contribution in [2.75, 3.05) is 26.5 Å². The van der Waals surface area contributed by atoms with Crippen molar-refractivity contribution in [3.8, 4) is 5.75 Å². The van der Waals surface area contributed by atoms with E-state index < -0.39 is 9.84 Å². The lowest BCUT2D eigenvalue weighted by Crippen LogP contribution is -2.25. The maximum atomic E-state index is 12.4. The maximum Gasteiger partial charge on any atom is 0.179 e. The zero-order chi connectivity index (χ0) is 16.2.